The van der Waals surface area contributed by atoms with E-state index in [1.165, 1.54) is 12.1 Å². The highest BCUT2D eigenvalue weighted by Gasteiger charge is 2.16. The molecule has 0 spiro atoms. The Morgan fingerprint density at radius 3 is 2.31 bits per heavy atom. The lowest BCUT2D eigenvalue weighted by Crippen LogP contribution is -2.12. The van der Waals surface area contributed by atoms with Gasteiger partial charge in [0.05, 0.1) is 17.3 Å². The molecule has 1 amide bonds. The molecule has 10 heteroatoms. The predicted octanol–water partition coefficient (Wildman–Crippen LogP) is 3.74. The average molecular weight is 432 g/mol. The number of benzene rings is 2. The Balaban J connectivity index is 1.87. The zero-order chi connectivity index (χ0) is 23.3. The number of pyridine rings is 1. The Labute approximate surface area is 181 Å². The van der Waals surface area contributed by atoms with Crippen molar-refractivity contribution in [3.05, 3.63) is 76.9 Å². The number of rotatable bonds is 6. The van der Waals surface area contributed by atoms with Gasteiger partial charge in [0.25, 0.3) is 5.91 Å². The van der Waals surface area contributed by atoms with Crippen LogP contribution in [0.1, 0.15) is 11.1 Å². The fraction of sp³-hybridized carbons (Fsp3) is 0. The Kier molecular flexibility index (Phi) is 6.28. The number of hydrogen-bond donors (Lipinski definition) is 3. The van der Waals surface area contributed by atoms with Crippen LogP contribution < -0.4 is 21.5 Å². The lowest BCUT2D eigenvalue weighted by molar-refractivity contribution is -0.114. The fourth-order valence-corrected chi connectivity index (χ4v) is 2.56. The Morgan fingerprint density at radius 2 is 1.75 bits per heavy atom. The number of nitrogens with one attached hydrogen (secondary N) is 1. The summed E-state index contributed by atoms with van der Waals surface area (Å²) < 4.78 is 34.2. The molecule has 0 saturated carbocycles. The molecular weight excluding hydrogens is 418 g/mol. The molecule has 158 valence electrons. The van der Waals surface area contributed by atoms with E-state index in [0.717, 1.165) is 18.2 Å². The molecule has 1 aromatic heterocycles. The standard InChI is InChI=1S/C22H14F2N6O2/c23-16-8-13(7-14(11-26)21(28)31)9-17(24)20(16)32-19-6-5-18(27)22(30-19)29-15-3-1-12(10-25)2-4-15/h1-9H,27H2,(H2,28,31)(H,29,30)/b14-7-. The number of nitriles is 2. The van der Waals surface area contributed by atoms with Gasteiger partial charge in [0, 0.05) is 11.8 Å². The third kappa shape index (κ3) is 4.96. The molecule has 0 aliphatic heterocycles. The van der Waals surface area contributed by atoms with Crippen LogP contribution in [0.2, 0.25) is 0 Å². The third-order valence-electron chi connectivity index (χ3n) is 4.10. The average Bonchev–Trinajstić information content (AvgIpc) is 2.77. The van der Waals surface area contributed by atoms with Crippen LogP contribution in [0.4, 0.5) is 26.0 Å². The first-order valence-corrected chi connectivity index (χ1v) is 8.93. The molecule has 0 bridgehead atoms. The second-order valence-corrected chi connectivity index (χ2v) is 6.35. The Hall–Kier alpha value is -4.96. The largest absolute Gasteiger partial charge is 0.433 e. The summed E-state index contributed by atoms with van der Waals surface area (Å²) in [5, 5.41) is 20.6. The third-order valence-corrected chi connectivity index (χ3v) is 4.10. The lowest BCUT2D eigenvalue weighted by atomic mass is 10.1. The molecule has 3 aromatic rings. The number of nitrogens with zero attached hydrogens (tertiary/aromatic N) is 3. The van der Waals surface area contributed by atoms with E-state index in [0.29, 0.717) is 11.3 Å². The summed E-state index contributed by atoms with van der Waals surface area (Å²) in [6.07, 6.45) is 0.958. The summed E-state index contributed by atoms with van der Waals surface area (Å²) >= 11 is 0. The number of anilines is 3. The van der Waals surface area contributed by atoms with Crippen molar-refractivity contribution in [1.29, 1.82) is 10.5 Å². The molecular formula is C22H14F2N6O2. The van der Waals surface area contributed by atoms with E-state index in [1.807, 2.05) is 6.07 Å². The van der Waals surface area contributed by atoms with Crippen LogP contribution in [0.15, 0.2) is 54.1 Å². The molecule has 2 aromatic carbocycles. The van der Waals surface area contributed by atoms with Gasteiger partial charge >= 0.3 is 0 Å². The van der Waals surface area contributed by atoms with Crippen molar-refractivity contribution in [1.82, 2.24) is 4.98 Å². The maximum Gasteiger partial charge on any atom is 0.259 e. The molecule has 3 rings (SSSR count). The van der Waals surface area contributed by atoms with Crippen molar-refractivity contribution in [2.75, 3.05) is 11.1 Å². The molecule has 32 heavy (non-hydrogen) atoms. The summed E-state index contributed by atoms with van der Waals surface area (Å²) in [7, 11) is 0. The molecule has 0 atom stereocenters. The molecule has 0 fully saturated rings. The first-order chi connectivity index (χ1) is 15.3. The van der Waals surface area contributed by atoms with Gasteiger partial charge < -0.3 is 21.5 Å². The Morgan fingerprint density at radius 1 is 1.09 bits per heavy atom. The summed E-state index contributed by atoms with van der Waals surface area (Å²) in [5.74, 6) is -3.90. The second-order valence-electron chi connectivity index (χ2n) is 6.35. The van der Waals surface area contributed by atoms with E-state index in [-0.39, 0.29) is 22.9 Å². The van der Waals surface area contributed by atoms with Gasteiger partial charge in [0.15, 0.2) is 17.5 Å². The van der Waals surface area contributed by atoms with E-state index in [4.69, 9.17) is 26.7 Å². The van der Waals surface area contributed by atoms with Crippen molar-refractivity contribution >= 4 is 29.2 Å². The van der Waals surface area contributed by atoms with Crippen molar-refractivity contribution < 1.29 is 18.3 Å². The summed E-state index contributed by atoms with van der Waals surface area (Å²) in [5.41, 5.74) is 11.7. The topological polar surface area (TPSA) is 151 Å². The van der Waals surface area contributed by atoms with Crippen LogP contribution in [0.5, 0.6) is 11.6 Å². The SMILES string of the molecule is N#C/C(=C/c1cc(F)c(Oc2ccc(N)c(Nc3ccc(C#N)cc3)n2)c(F)c1)C(N)=O. The Bertz CT molecular complexity index is 1280. The number of nitrogen functional groups attached to an aromatic ring is 1. The highest BCUT2D eigenvalue weighted by molar-refractivity contribution is 6.00. The van der Waals surface area contributed by atoms with Gasteiger partial charge in [-0.25, -0.2) is 8.78 Å². The molecule has 0 radical (unpaired) electrons. The van der Waals surface area contributed by atoms with Gasteiger partial charge in [0.2, 0.25) is 11.6 Å². The molecule has 0 aliphatic carbocycles. The van der Waals surface area contributed by atoms with Crippen LogP contribution in [-0.2, 0) is 4.79 Å². The monoisotopic (exact) mass is 432 g/mol. The van der Waals surface area contributed by atoms with Crippen molar-refractivity contribution in [2.24, 2.45) is 5.73 Å². The van der Waals surface area contributed by atoms with Crippen molar-refractivity contribution in [3.63, 3.8) is 0 Å². The van der Waals surface area contributed by atoms with Gasteiger partial charge in [-0.2, -0.15) is 15.5 Å². The van der Waals surface area contributed by atoms with Gasteiger partial charge in [0.1, 0.15) is 11.6 Å². The molecule has 0 unspecified atom stereocenters. The minimum atomic E-state index is -1.08. The number of ether oxygens (including phenoxy) is 1. The van der Waals surface area contributed by atoms with Crippen LogP contribution in [0, 0.1) is 34.3 Å². The van der Waals surface area contributed by atoms with E-state index >= 15 is 0 Å². The van der Waals surface area contributed by atoms with Gasteiger partial charge in [-0.3, -0.25) is 4.79 Å². The first-order valence-electron chi connectivity index (χ1n) is 8.93. The van der Waals surface area contributed by atoms with Gasteiger partial charge in [-0.15, -0.1) is 0 Å². The fourth-order valence-electron chi connectivity index (χ4n) is 2.56. The normalized spacial score (nSPS) is 10.7. The van der Waals surface area contributed by atoms with E-state index < -0.39 is 28.9 Å². The summed E-state index contributed by atoms with van der Waals surface area (Å²) in [6.45, 7) is 0. The number of carbonyl (C=O) groups excluding carboxylic acids is 1. The number of amides is 1. The summed E-state index contributed by atoms with van der Waals surface area (Å²) in [4.78, 5) is 15.2. The highest BCUT2D eigenvalue weighted by Crippen LogP contribution is 2.31. The van der Waals surface area contributed by atoms with Crippen molar-refractivity contribution in [3.8, 4) is 23.8 Å². The molecule has 1 heterocycles. The van der Waals surface area contributed by atoms with E-state index in [2.05, 4.69) is 10.3 Å². The minimum Gasteiger partial charge on any atom is -0.433 e. The minimum absolute atomic E-state index is 0.0869. The van der Waals surface area contributed by atoms with Crippen LogP contribution in [0.3, 0.4) is 0 Å². The maximum absolute atomic E-state index is 14.5. The molecule has 0 saturated heterocycles. The number of primary amides is 1. The number of hydrogen-bond acceptors (Lipinski definition) is 7. The molecule has 5 N–H and O–H groups in total. The quantitative estimate of drug-likeness (QED) is 0.396. The number of aromatic nitrogens is 1. The summed E-state index contributed by atoms with van der Waals surface area (Å²) in [6, 6.07) is 14.5. The van der Waals surface area contributed by atoms with Gasteiger partial charge in [-0.1, -0.05) is 0 Å². The second kappa shape index (κ2) is 9.24. The first kappa shape index (κ1) is 21.7. The van der Waals surface area contributed by atoms with E-state index in [1.54, 1.807) is 30.3 Å². The van der Waals surface area contributed by atoms with Crippen LogP contribution in [-0.4, -0.2) is 10.9 Å². The molecule has 0 aliphatic rings. The molecule has 8 nitrogen and oxygen atoms in total. The highest BCUT2D eigenvalue weighted by atomic mass is 19.1. The lowest BCUT2D eigenvalue weighted by Gasteiger charge is -2.12. The van der Waals surface area contributed by atoms with Crippen molar-refractivity contribution in [2.45, 2.75) is 0 Å². The zero-order valence-electron chi connectivity index (χ0n) is 16.3. The maximum atomic E-state index is 14.5. The smallest absolute Gasteiger partial charge is 0.259 e. The van der Waals surface area contributed by atoms with Gasteiger partial charge in [-0.05, 0) is 54.1 Å². The number of carbonyl (C=O) groups is 1. The van der Waals surface area contributed by atoms with E-state index in [9.17, 15) is 13.6 Å². The predicted molar refractivity (Wildman–Crippen MR) is 112 cm³/mol. The van der Waals surface area contributed by atoms with Crippen LogP contribution >= 0.6 is 0 Å². The number of halogens is 2. The zero-order valence-corrected chi connectivity index (χ0v) is 16.3. The number of nitrogens with two attached hydrogens (primary N) is 2. The van der Waals surface area contributed by atoms with Crippen LogP contribution in [0.25, 0.3) is 6.08 Å².